The molecule has 0 spiro atoms. The fraction of sp³-hybridized carbons (Fsp3) is 0.632. The SMILES string of the molecule is CCCOC(=O)N1CCc2ccc(S(=O)(=O)N3CCC[C@H]3COC)cc2C1. The first-order valence-corrected chi connectivity index (χ1v) is 11.0. The third-order valence-electron chi connectivity index (χ3n) is 5.17. The Morgan fingerprint density at radius 2 is 2.07 bits per heavy atom. The van der Waals surface area contributed by atoms with Gasteiger partial charge in [-0.15, -0.1) is 0 Å². The summed E-state index contributed by atoms with van der Waals surface area (Å²) in [5.41, 5.74) is 1.96. The molecule has 0 bridgehead atoms. The number of carbonyl (C=O) groups is 1. The largest absolute Gasteiger partial charge is 0.449 e. The van der Waals surface area contributed by atoms with Crippen molar-refractivity contribution in [1.29, 1.82) is 0 Å². The quantitative estimate of drug-likeness (QED) is 0.738. The molecule has 1 aromatic rings. The van der Waals surface area contributed by atoms with Crippen molar-refractivity contribution in [2.75, 3.05) is 33.4 Å². The lowest BCUT2D eigenvalue weighted by atomic mass is 10.0. The molecule has 0 unspecified atom stereocenters. The summed E-state index contributed by atoms with van der Waals surface area (Å²) >= 11 is 0. The van der Waals surface area contributed by atoms with Gasteiger partial charge < -0.3 is 14.4 Å². The number of fused-ring (bicyclic) bond motifs is 1. The molecule has 0 radical (unpaired) electrons. The second-order valence-electron chi connectivity index (χ2n) is 7.08. The summed E-state index contributed by atoms with van der Waals surface area (Å²) in [6, 6.07) is 5.16. The van der Waals surface area contributed by atoms with Crippen LogP contribution in [0.25, 0.3) is 0 Å². The molecule has 1 atom stereocenters. The van der Waals surface area contributed by atoms with E-state index in [9.17, 15) is 13.2 Å². The molecule has 8 heteroatoms. The van der Waals surface area contributed by atoms with E-state index in [0.717, 1.165) is 30.4 Å². The van der Waals surface area contributed by atoms with Gasteiger partial charge in [0.1, 0.15) is 0 Å². The molecular formula is C19H28N2O5S. The van der Waals surface area contributed by atoms with E-state index in [-0.39, 0.29) is 17.0 Å². The third kappa shape index (κ3) is 4.28. The van der Waals surface area contributed by atoms with Gasteiger partial charge in [-0.1, -0.05) is 13.0 Å². The maximum absolute atomic E-state index is 13.1. The molecule has 2 aliphatic heterocycles. The second kappa shape index (κ2) is 8.58. The van der Waals surface area contributed by atoms with Gasteiger partial charge in [0, 0.05) is 32.8 Å². The van der Waals surface area contributed by atoms with Gasteiger partial charge in [-0.3, -0.25) is 0 Å². The maximum Gasteiger partial charge on any atom is 0.410 e. The first-order valence-electron chi connectivity index (χ1n) is 9.51. The zero-order chi connectivity index (χ0) is 19.4. The summed E-state index contributed by atoms with van der Waals surface area (Å²) < 4.78 is 38.2. The van der Waals surface area contributed by atoms with Crippen molar-refractivity contribution >= 4 is 16.1 Å². The highest BCUT2D eigenvalue weighted by Gasteiger charge is 2.35. The van der Waals surface area contributed by atoms with Crippen LogP contribution in [0.4, 0.5) is 4.79 Å². The van der Waals surface area contributed by atoms with E-state index < -0.39 is 10.0 Å². The van der Waals surface area contributed by atoms with Crippen molar-refractivity contribution in [3.8, 4) is 0 Å². The van der Waals surface area contributed by atoms with E-state index in [1.807, 2.05) is 13.0 Å². The van der Waals surface area contributed by atoms with Crippen LogP contribution in [0.3, 0.4) is 0 Å². The molecule has 3 rings (SSSR count). The van der Waals surface area contributed by atoms with Crippen molar-refractivity contribution in [2.24, 2.45) is 0 Å². The van der Waals surface area contributed by atoms with Crippen molar-refractivity contribution in [3.05, 3.63) is 29.3 Å². The van der Waals surface area contributed by atoms with E-state index >= 15 is 0 Å². The van der Waals surface area contributed by atoms with E-state index in [1.165, 1.54) is 0 Å². The monoisotopic (exact) mass is 396 g/mol. The number of rotatable bonds is 6. The molecule has 0 saturated carbocycles. The third-order valence-corrected chi connectivity index (χ3v) is 7.11. The molecule has 27 heavy (non-hydrogen) atoms. The van der Waals surface area contributed by atoms with E-state index in [4.69, 9.17) is 9.47 Å². The lowest BCUT2D eigenvalue weighted by Gasteiger charge is -2.29. The van der Waals surface area contributed by atoms with Crippen molar-refractivity contribution in [1.82, 2.24) is 9.21 Å². The van der Waals surface area contributed by atoms with Crippen LogP contribution in [0.5, 0.6) is 0 Å². The number of carbonyl (C=O) groups excluding carboxylic acids is 1. The van der Waals surface area contributed by atoms with Crippen LogP contribution >= 0.6 is 0 Å². The summed E-state index contributed by atoms with van der Waals surface area (Å²) in [6.45, 7) is 4.23. The standard InChI is InChI=1S/C19H28N2O5S/c1-3-11-26-19(22)20-10-8-15-6-7-18(12-16(15)13-20)27(23,24)21-9-4-5-17(21)14-25-2/h6-7,12,17H,3-5,8-11,13-14H2,1-2H3/t17-/m0/s1. The number of methoxy groups -OCH3 is 1. The van der Waals surface area contributed by atoms with Gasteiger partial charge in [0.15, 0.2) is 0 Å². The van der Waals surface area contributed by atoms with Crippen LogP contribution in [0.15, 0.2) is 23.1 Å². The van der Waals surface area contributed by atoms with Crippen molar-refractivity contribution in [2.45, 2.75) is 50.1 Å². The van der Waals surface area contributed by atoms with Crippen molar-refractivity contribution < 1.29 is 22.7 Å². The lowest BCUT2D eigenvalue weighted by Crippen LogP contribution is -2.39. The minimum absolute atomic E-state index is 0.114. The molecule has 1 fully saturated rings. The Kier molecular flexibility index (Phi) is 6.39. The number of sulfonamides is 1. The average molecular weight is 397 g/mol. The van der Waals surface area contributed by atoms with Gasteiger partial charge in [0.2, 0.25) is 10.0 Å². The van der Waals surface area contributed by atoms with Crippen LogP contribution in [0.1, 0.15) is 37.3 Å². The molecule has 0 aliphatic carbocycles. The first kappa shape index (κ1) is 20.1. The summed E-state index contributed by atoms with van der Waals surface area (Å²) in [5, 5.41) is 0. The number of benzene rings is 1. The molecule has 1 aromatic carbocycles. The summed E-state index contributed by atoms with van der Waals surface area (Å²) in [7, 11) is -1.99. The smallest absolute Gasteiger partial charge is 0.410 e. The zero-order valence-corrected chi connectivity index (χ0v) is 16.8. The highest BCUT2D eigenvalue weighted by Crippen LogP contribution is 2.29. The minimum Gasteiger partial charge on any atom is -0.449 e. The van der Waals surface area contributed by atoms with Crippen LogP contribution in [0, 0.1) is 0 Å². The molecule has 7 nitrogen and oxygen atoms in total. The molecule has 2 heterocycles. The molecule has 1 amide bonds. The number of ether oxygens (including phenoxy) is 2. The Balaban J connectivity index is 1.80. The number of hydrogen-bond donors (Lipinski definition) is 0. The fourth-order valence-corrected chi connectivity index (χ4v) is 5.48. The summed E-state index contributed by atoms with van der Waals surface area (Å²) in [4.78, 5) is 14.1. The summed E-state index contributed by atoms with van der Waals surface area (Å²) in [6.07, 6.45) is 2.80. The van der Waals surface area contributed by atoms with Crippen LogP contribution in [-0.4, -0.2) is 63.2 Å². The van der Waals surface area contributed by atoms with Crippen LogP contribution in [-0.2, 0) is 32.5 Å². The molecular weight excluding hydrogens is 368 g/mol. The topological polar surface area (TPSA) is 76.2 Å². The minimum atomic E-state index is -3.58. The van der Waals surface area contributed by atoms with Gasteiger partial charge in [-0.2, -0.15) is 4.31 Å². The second-order valence-corrected chi connectivity index (χ2v) is 8.97. The molecule has 0 N–H and O–H groups in total. The van der Waals surface area contributed by atoms with Gasteiger partial charge in [0.05, 0.1) is 18.1 Å². The van der Waals surface area contributed by atoms with E-state index in [0.29, 0.717) is 39.3 Å². The molecule has 2 aliphatic rings. The van der Waals surface area contributed by atoms with Gasteiger partial charge in [-0.25, -0.2) is 13.2 Å². The normalized spacial score (nSPS) is 20.5. The van der Waals surface area contributed by atoms with Gasteiger partial charge in [0.25, 0.3) is 0 Å². The predicted octanol–water partition coefficient (Wildman–Crippen LogP) is 2.39. The summed E-state index contributed by atoms with van der Waals surface area (Å²) in [5.74, 6) is 0. The maximum atomic E-state index is 13.1. The number of hydrogen-bond acceptors (Lipinski definition) is 5. The molecule has 1 saturated heterocycles. The number of nitrogens with zero attached hydrogens (tertiary/aromatic N) is 2. The van der Waals surface area contributed by atoms with Gasteiger partial charge >= 0.3 is 6.09 Å². The number of amides is 1. The lowest BCUT2D eigenvalue weighted by molar-refractivity contribution is 0.0978. The molecule has 150 valence electrons. The molecule has 0 aromatic heterocycles. The van der Waals surface area contributed by atoms with E-state index in [2.05, 4.69) is 0 Å². The highest BCUT2D eigenvalue weighted by molar-refractivity contribution is 7.89. The Morgan fingerprint density at radius 3 is 2.81 bits per heavy atom. The highest BCUT2D eigenvalue weighted by atomic mass is 32.2. The van der Waals surface area contributed by atoms with Crippen LogP contribution in [0.2, 0.25) is 0 Å². The first-order chi connectivity index (χ1) is 13.0. The Hall–Kier alpha value is -1.64. The average Bonchev–Trinajstić information content (AvgIpc) is 3.14. The Bertz CT molecular complexity index is 780. The zero-order valence-electron chi connectivity index (χ0n) is 16.0. The fourth-order valence-electron chi connectivity index (χ4n) is 3.75. The Labute approximate surface area is 161 Å². The van der Waals surface area contributed by atoms with E-state index in [1.54, 1.807) is 28.4 Å². The predicted molar refractivity (Wildman–Crippen MR) is 101 cm³/mol. The van der Waals surface area contributed by atoms with Crippen molar-refractivity contribution in [3.63, 3.8) is 0 Å². The van der Waals surface area contributed by atoms with Crippen LogP contribution < -0.4 is 0 Å². The Morgan fingerprint density at radius 1 is 1.26 bits per heavy atom. The van der Waals surface area contributed by atoms with Gasteiger partial charge in [-0.05, 0) is 48.9 Å².